The molecule has 0 heterocycles. The predicted molar refractivity (Wildman–Crippen MR) is 80.5 cm³/mol. The first kappa shape index (κ1) is 13.9. The van der Waals surface area contributed by atoms with Gasteiger partial charge < -0.3 is 5.73 Å². The van der Waals surface area contributed by atoms with E-state index in [0.717, 1.165) is 5.56 Å². The largest absolute Gasteiger partial charge is 0.399 e. The molecule has 4 nitrogen and oxygen atoms in total. The van der Waals surface area contributed by atoms with E-state index in [1.54, 1.807) is 24.3 Å². The van der Waals surface area contributed by atoms with Crippen LogP contribution >= 0.6 is 15.9 Å². The Morgan fingerprint density at radius 2 is 1.89 bits per heavy atom. The molecule has 0 spiro atoms. The maximum Gasteiger partial charge on any atom is 0.262 e. The van der Waals surface area contributed by atoms with E-state index in [2.05, 4.69) is 20.7 Å². The van der Waals surface area contributed by atoms with Crippen LogP contribution in [-0.2, 0) is 10.0 Å². The molecule has 0 amide bonds. The van der Waals surface area contributed by atoms with Gasteiger partial charge in [0.1, 0.15) is 0 Å². The molecule has 19 heavy (non-hydrogen) atoms. The minimum Gasteiger partial charge on any atom is -0.399 e. The van der Waals surface area contributed by atoms with Crippen molar-refractivity contribution in [2.75, 3.05) is 10.5 Å². The fourth-order valence-corrected chi connectivity index (χ4v) is 3.20. The lowest BCUT2D eigenvalue weighted by molar-refractivity contribution is 0.601. The average molecular weight is 341 g/mol. The highest BCUT2D eigenvalue weighted by Gasteiger charge is 2.15. The van der Waals surface area contributed by atoms with Crippen LogP contribution in [0, 0.1) is 6.92 Å². The highest BCUT2D eigenvalue weighted by molar-refractivity contribution is 9.10. The van der Waals surface area contributed by atoms with Crippen molar-refractivity contribution >= 4 is 37.3 Å². The molecule has 2 rings (SSSR count). The van der Waals surface area contributed by atoms with Crippen LogP contribution in [-0.4, -0.2) is 8.42 Å². The molecule has 0 unspecified atom stereocenters. The topological polar surface area (TPSA) is 72.2 Å². The van der Waals surface area contributed by atoms with Gasteiger partial charge in [0.05, 0.1) is 10.6 Å². The Bertz CT molecular complexity index is 714. The van der Waals surface area contributed by atoms with Gasteiger partial charge in [-0.3, -0.25) is 4.72 Å². The first-order chi connectivity index (χ1) is 8.88. The SMILES string of the molecule is Cc1ccc(Br)c(NS(=O)(=O)c2cccc(N)c2)c1. The van der Waals surface area contributed by atoms with Gasteiger partial charge in [-0.1, -0.05) is 12.1 Å². The van der Waals surface area contributed by atoms with E-state index < -0.39 is 10.0 Å². The molecule has 0 radical (unpaired) electrons. The monoisotopic (exact) mass is 340 g/mol. The Morgan fingerprint density at radius 3 is 2.58 bits per heavy atom. The first-order valence-corrected chi connectivity index (χ1v) is 7.80. The molecular formula is C13H13BrN2O2S. The fraction of sp³-hybridized carbons (Fsp3) is 0.0769. The third-order valence-electron chi connectivity index (χ3n) is 2.53. The summed E-state index contributed by atoms with van der Waals surface area (Å²) in [5.74, 6) is 0. The first-order valence-electron chi connectivity index (χ1n) is 5.53. The molecule has 0 saturated carbocycles. The summed E-state index contributed by atoms with van der Waals surface area (Å²) in [4.78, 5) is 0.140. The highest BCUT2D eigenvalue weighted by atomic mass is 79.9. The van der Waals surface area contributed by atoms with Crippen molar-refractivity contribution in [3.8, 4) is 0 Å². The molecule has 0 aliphatic carbocycles. The van der Waals surface area contributed by atoms with Crippen LogP contribution in [0.3, 0.4) is 0 Å². The summed E-state index contributed by atoms with van der Waals surface area (Å²) in [5, 5.41) is 0. The quantitative estimate of drug-likeness (QED) is 0.843. The third kappa shape index (κ3) is 3.27. The summed E-state index contributed by atoms with van der Waals surface area (Å²) in [6.07, 6.45) is 0. The second-order valence-electron chi connectivity index (χ2n) is 4.16. The van der Waals surface area contributed by atoms with Crippen molar-refractivity contribution in [2.24, 2.45) is 0 Å². The molecular weight excluding hydrogens is 328 g/mol. The van der Waals surface area contributed by atoms with E-state index in [4.69, 9.17) is 5.73 Å². The van der Waals surface area contributed by atoms with Crippen LogP contribution in [0.2, 0.25) is 0 Å². The second-order valence-corrected chi connectivity index (χ2v) is 6.70. The number of sulfonamides is 1. The van der Waals surface area contributed by atoms with Gasteiger partial charge in [-0.2, -0.15) is 0 Å². The molecule has 2 aromatic rings. The zero-order chi connectivity index (χ0) is 14.0. The second kappa shape index (κ2) is 5.22. The molecule has 0 bridgehead atoms. The van der Waals surface area contributed by atoms with Gasteiger partial charge in [0.25, 0.3) is 10.0 Å². The number of nitrogens with two attached hydrogens (primary N) is 1. The number of aryl methyl sites for hydroxylation is 1. The number of benzene rings is 2. The zero-order valence-electron chi connectivity index (χ0n) is 10.2. The van der Waals surface area contributed by atoms with Crippen molar-refractivity contribution in [1.82, 2.24) is 0 Å². The van der Waals surface area contributed by atoms with Crippen LogP contribution in [0.1, 0.15) is 5.56 Å². The number of hydrogen-bond donors (Lipinski definition) is 2. The lowest BCUT2D eigenvalue weighted by atomic mass is 10.2. The summed E-state index contributed by atoms with van der Waals surface area (Å²) in [5.41, 5.74) is 7.48. The Kier molecular flexibility index (Phi) is 3.82. The van der Waals surface area contributed by atoms with Crippen LogP contribution < -0.4 is 10.5 Å². The van der Waals surface area contributed by atoms with E-state index in [1.165, 1.54) is 12.1 Å². The third-order valence-corrected chi connectivity index (χ3v) is 4.59. The average Bonchev–Trinajstić information content (AvgIpc) is 2.33. The van der Waals surface area contributed by atoms with Crippen LogP contribution in [0.4, 0.5) is 11.4 Å². The van der Waals surface area contributed by atoms with Crippen molar-refractivity contribution in [3.63, 3.8) is 0 Å². The molecule has 100 valence electrons. The molecule has 0 atom stereocenters. The summed E-state index contributed by atoms with van der Waals surface area (Å²) in [6, 6.07) is 11.6. The number of anilines is 2. The minimum absolute atomic E-state index is 0.140. The van der Waals surface area contributed by atoms with Crippen molar-refractivity contribution < 1.29 is 8.42 Å². The number of hydrogen-bond acceptors (Lipinski definition) is 3. The molecule has 0 aliphatic rings. The van der Waals surface area contributed by atoms with Crippen LogP contribution in [0.15, 0.2) is 51.8 Å². The Hall–Kier alpha value is -1.53. The predicted octanol–water partition coefficient (Wildman–Crippen LogP) is 3.14. The number of nitrogens with one attached hydrogen (secondary N) is 1. The normalized spacial score (nSPS) is 11.3. The highest BCUT2D eigenvalue weighted by Crippen LogP contribution is 2.26. The van der Waals surface area contributed by atoms with E-state index >= 15 is 0 Å². The number of nitrogen functional groups attached to an aromatic ring is 1. The molecule has 3 N–H and O–H groups in total. The van der Waals surface area contributed by atoms with Gasteiger partial charge in [0.15, 0.2) is 0 Å². The molecule has 0 saturated heterocycles. The number of rotatable bonds is 3. The summed E-state index contributed by atoms with van der Waals surface area (Å²) >= 11 is 3.32. The maximum absolute atomic E-state index is 12.2. The van der Waals surface area contributed by atoms with E-state index in [9.17, 15) is 8.42 Å². The maximum atomic E-state index is 12.2. The van der Waals surface area contributed by atoms with Gasteiger partial charge in [0.2, 0.25) is 0 Å². The van der Waals surface area contributed by atoms with Crippen LogP contribution in [0.5, 0.6) is 0 Å². The fourth-order valence-electron chi connectivity index (χ4n) is 1.60. The van der Waals surface area contributed by atoms with E-state index in [0.29, 0.717) is 15.8 Å². The zero-order valence-corrected chi connectivity index (χ0v) is 12.6. The van der Waals surface area contributed by atoms with Crippen molar-refractivity contribution in [3.05, 3.63) is 52.5 Å². The van der Waals surface area contributed by atoms with Gasteiger partial charge in [-0.15, -0.1) is 0 Å². The smallest absolute Gasteiger partial charge is 0.262 e. The van der Waals surface area contributed by atoms with Gasteiger partial charge in [-0.25, -0.2) is 8.42 Å². The lowest BCUT2D eigenvalue weighted by Gasteiger charge is -2.11. The summed E-state index contributed by atoms with van der Waals surface area (Å²) < 4.78 is 27.7. The Morgan fingerprint density at radius 1 is 1.16 bits per heavy atom. The number of halogens is 1. The van der Waals surface area contributed by atoms with Gasteiger partial charge in [0, 0.05) is 10.2 Å². The molecule has 0 aromatic heterocycles. The Labute approximate surface area is 120 Å². The van der Waals surface area contributed by atoms with Gasteiger partial charge in [-0.05, 0) is 58.7 Å². The van der Waals surface area contributed by atoms with Gasteiger partial charge >= 0.3 is 0 Å². The molecule has 0 fully saturated rings. The van der Waals surface area contributed by atoms with Crippen LogP contribution in [0.25, 0.3) is 0 Å². The van der Waals surface area contributed by atoms with E-state index in [1.807, 2.05) is 13.0 Å². The summed E-state index contributed by atoms with van der Waals surface area (Å²) in [7, 11) is -3.64. The Balaban J connectivity index is 2.39. The van der Waals surface area contributed by atoms with Crippen molar-refractivity contribution in [2.45, 2.75) is 11.8 Å². The summed E-state index contributed by atoms with van der Waals surface area (Å²) in [6.45, 7) is 1.89. The molecule has 2 aromatic carbocycles. The minimum atomic E-state index is -3.64. The lowest BCUT2D eigenvalue weighted by Crippen LogP contribution is -2.13. The molecule has 6 heteroatoms. The molecule has 0 aliphatic heterocycles. The standard InChI is InChI=1S/C13H13BrN2O2S/c1-9-5-6-12(14)13(7-9)16-19(17,18)11-4-2-3-10(15)8-11/h2-8,16H,15H2,1H3. The van der Waals surface area contributed by atoms with E-state index in [-0.39, 0.29) is 4.90 Å². The van der Waals surface area contributed by atoms with Crippen molar-refractivity contribution in [1.29, 1.82) is 0 Å².